The van der Waals surface area contributed by atoms with Crippen molar-refractivity contribution in [3.63, 3.8) is 0 Å². The van der Waals surface area contributed by atoms with Crippen LogP contribution in [0.5, 0.6) is 0 Å². The highest BCUT2D eigenvalue weighted by atomic mass is 16.6. The normalized spacial score (nSPS) is 9.74. The van der Waals surface area contributed by atoms with Crippen LogP contribution in [0.2, 0.25) is 0 Å². The van der Waals surface area contributed by atoms with Gasteiger partial charge in [-0.25, -0.2) is 0 Å². The van der Waals surface area contributed by atoms with E-state index >= 15 is 0 Å². The van der Waals surface area contributed by atoms with Gasteiger partial charge in [0.1, 0.15) is 5.69 Å². The molecule has 0 spiro atoms. The van der Waals surface area contributed by atoms with Gasteiger partial charge < -0.3 is 0 Å². The maximum atomic E-state index is 11.2. The average Bonchev–Trinajstić information content (AvgIpc) is 2.36. The van der Waals surface area contributed by atoms with Crippen LogP contribution in [0, 0.1) is 20.2 Å². The molecule has 1 aromatic carbocycles. The smallest absolute Gasteiger partial charge is 0.292 e. The van der Waals surface area contributed by atoms with Crippen molar-refractivity contribution >= 4 is 23.0 Å². The molecular formula is C10H12N4O5. The van der Waals surface area contributed by atoms with Crippen LogP contribution in [0.3, 0.4) is 0 Å². The predicted octanol–water partition coefficient (Wildman–Crippen LogP) is 1.75. The second kappa shape index (κ2) is 6.28. The highest BCUT2D eigenvalue weighted by Gasteiger charge is 2.19. The maximum absolute atomic E-state index is 11.2. The third kappa shape index (κ3) is 3.91. The topological polar surface area (TPSA) is 127 Å². The molecule has 0 heterocycles. The summed E-state index contributed by atoms with van der Waals surface area (Å²) in [6.45, 7) is 1.81. The van der Waals surface area contributed by atoms with E-state index < -0.39 is 21.2 Å². The first-order valence-electron chi connectivity index (χ1n) is 5.43. The molecule has 0 aliphatic rings. The first-order valence-corrected chi connectivity index (χ1v) is 5.43. The van der Waals surface area contributed by atoms with Crippen molar-refractivity contribution in [2.45, 2.75) is 19.8 Å². The van der Waals surface area contributed by atoms with E-state index in [9.17, 15) is 25.0 Å². The van der Waals surface area contributed by atoms with Crippen molar-refractivity contribution in [2.24, 2.45) is 0 Å². The molecule has 0 aliphatic carbocycles. The fourth-order valence-corrected chi connectivity index (χ4v) is 1.32. The van der Waals surface area contributed by atoms with Gasteiger partial charge in [-0.2, -0.15) is 0 Å². The van der Waals surface area contributed by atoms with Crippen LogP contribution in [0.15, 0.2) is 18.2 Å². The first kappa shape index (κ1) is 14.4. The third-order valence-corrected chi connectivity index (χ3v) is 2.20. The fourth-order valence-electron chi connectivity index (χ4n) is 1.32. The van der Waals surface area contributed by atoms with Crippen molar-refractivity contribution in [3.05, 3.63) is 38.4 Å². The van der Waals surface area contributed by atoms with Gasteiger partial charge >= 0.3 is 5.69 Å². The number of amides is 1. The van der Waals surface area contributed by atoms with Gasteiger partial charge in [-0.15, -0.1) is 0 Å². The number of nitrogens with one attached hydrogen (secondary N) is 2. The molecule has 0 bridgehead atoms. The van der Waals surface area contributed by atoms with E-state index in [-0.39, 0.29) is 18.0 Å². The zero-order valence-corrected chi connectivity index (χ0v) is 10.1. The lowest BCUT2D eigenvalue weighted by Gasteiger charge is -2.08. The van der Waals surface area contributed by atoms with Gasteiger partial charge in [0, 0.05) is 12.5 Å². The van der Waals surface area contributed by atoms with Gasteiger partial charge in [-0.05, 0) is 12.5 Å². The Hall–Kier alpha value is -2.71. The number of nitro groups is 2. The van der Waals surface area contributed by atoms with Gasteiger partial charge in [0.2, 0.25) is 5.91 Å². The molecule has 0 aromatic heterocycles. The number of hydrogen-bond acceptors (Lipinski definition) is 6. The van der Waals surface area contributed by atoms with Crippen molar-refractivity contribution < 1.29 is 14.6 Å². The molecule has 0 unspecified atom stereocenters. The number of rotatable bonds is 6. The van der Waals surface area contributed by atoms with Crippen LogP contribution in [-0.4, -0.2) is 15.8 Å². The molecule has 0 atom stereocenters. The Morgan fingerprint density at radius 3 is 2.47 bits per heavy atom. The number of carbonyl (C=O) groups is 1. The summed E-state index contributed by atoms with van der Waals surface area (Å²) in [5.41, 5.74) is 3.78. The third-order valence-electron chi connectivity index (χ3n) is 2.20. The second-order valence-corrected chi connectivity index (χ2v) is 3.64. The summed E-state index contributed by atoms with van der Waals surface area (Å²) in [5.74, 6) is -0.324. The lowest BCUT2D eigenvalue weighted by atomic mass is 10.2. The minimum absolute atomic E-state index is 0.0138. The summed E-state index contributed by atoms with van der Waals surface area (Å²) in [7, 11) is 0. The van der Waals surface area contributed by atoms with E-state index in [0.29, 0.717) is 6.42 Å². The summed E-state index contributed by atoms with van der Waals surface area (Å²) in [6, 6.07) is 3.11. The van der Waals surface area contributed by atoms with E-state index in [1.54, 1.807) is 0 Å². The maximum Gasteiger partial charge on any atom is 0.300 e. The van der Waals surface area contributed by atoms with E-state index in [0.717, 1.165) is 12.1 Å². The van der Waals surface area contributed by atoms with E-state index in [1.165, 1.54) is 6.07 Å². The number of nitrogens with zero attached hydrogens (tertiary/aromatic N) is 2. The molecular weight excluding hydrogens is 256 g/mol. The molecule has 0 saturated carbocycles. The summed E-state index contributed by atoms with van der Waals surface area (Å²) >= 11 is 0. The van der Waals surface area contributed by atoms with Crippen LogP contribution in [0.1, 0.15) is 19.8 Å². The molecule has 0 fully saturated rings. The lowest BCUT2D eigenvalue weighted by molar-refractivity contribution is -0.393. The summed E-state index contributed by atoms with van der Waals surface area (Å²) in [4.78, 5) is 31.1. The zero-order valence-electron chi connectivity index (χ0n) is 10.1. The van der Waals surface area contributed by atoms with E-state index in [4.69, 9.17) is 0 Å². The molecule has 9 heteroatoms. The Bertz CT molecular complexity index is 517. The number of anilines is 1. The van der Waals surface area contributed by atoms with Crippen LogP contribution in [0.25, 0.3) is 0 Å². The average molecular weight is 268 g/mol. The highest BCUT2D eigenvalue weighted by Crippen LogP contribution is 2.28. The molecule has 9 nitrogen and oxygen atoms in total. The van der Waals surface area contributed by atoms with Crippen LogP contribution >= 0.6 is 0 Å². The Morgan fingerprint density at radius 2 is 1.95 bits per heavy atom. The lowest BCUT2D eigenvalue weighted by Crippen LogP contribution is -2.29. The number of carbonyl (C=O) groups excluding carboxylic acids is 1. The van der Waals surface area contributed by atoms with Gasteiger partial charge in [0.05, 0.1) is 15.9 Å². The SMILES string of the molecule is CCCC(=O)NNc1ccc([N+](=O)[O-])cc1[N+](=O)[O-]. The fraction of sp³-hybridized carbons (Fsp3) is 0.300. The minimum atomic E-state index is -0.763. The summed E-state index contributed by atoms with van der Waals surface area (Å²) in [6.07, 6.45) is 0.906. The highest BCUT2D eigenvalue weighted by molar-refractivity contribution is 5.78. The second-order valence-electron chi connectivity index (χ2n) is 3.64. The Morgan fingerprint density at radius 1 is 1.26 bits per heavy atom. The monoisotopic (exact) mass is 268 g/mol. The molecule has 1 aromatic rings. The van der Waals surface area contributed by atoms with Crippen LogP contribution in [0.4, 0.5) is 17.1 Å². The summed E-state index contributed by atoms with van der Waals surface area (Å²) < 4.78 is 0. The Balaban J connectivity index is 2.91. The van der Waals surface area contributed by atoms with Crippen LogP contribution < -0.4 is 10.9 Å². The predicted molar refractivity (Wildman–Crippen MR) is 66.4 cm³/mol. The van der Waals surface area contributed by atoms with Gasteiger partial charge in [-0.1, -0.05) is 6.92 Å². The molecule has 0 saturated heterocycles. The number of nitro benzene ring substituents is 2. The first-order chi connectivity index (χ1) is 8.95. The number of hydrazine groups is 1. The van der Waals surface area contributed by atoms with Crippen molar-refractivity contribution in [3.8, 4) is 0 Å². The number of hydrogen-bond donors (Lipinski definition) is 2. The van der Waals surface area contributed by atoms with Crippen LogP contribution in [-0.2, 0) is 4.79 Å². The largest absolute Gasteiger partial charge is 0.300 e. The van der Waals surface area contributed by atoms with E-state index in [2.05, 4.69) is 10.9 Å². The molecule has 0 radical (unpaired) electrons. The molecule has 2 N–H and O–H groups in total. The Labute approximate surface area is 107 Å². The van der Waals surface area contributed by atoms with Gasteiger partial charge in [0.25, 0.3) is 5.69 Å². The molecule has 0 aliphatic heterocycles. The van der Waals surface area contributed by atoms with Gasteiger partial charge in [-0.3, -0.25) is 35.9 Å². The van der Waals surface area contributed by atoms with E-state index in [1.807, 2.05) is 6.92 Å². The molecule has 1 amide bonds. The van der Waals surface area contributed by atoms with Crippen molar-refractivity contribution in [1.82, 2.24) is 5.43 Å². The molecule has 1 rings (SSSR count). The zero-order chi connectivity index (χ0) is 14.4. The van der Waals surface area contributed by atoms with Gasteiger partial charge in [0.15, 0.2) is 0 Å². The molecule has 19 heavy (non-hydrogen) atoms. The number of non-ortho nitro benzene ring substituents is 1. The Kier molecular flexibility index (Phi) is 4.75. The minimum Gasteiger partial charge on any atom is -0.292 e. The van der Waals surface area contributed by atoms with Crippen molar-refractivity contribution in [1.29, 1.82) is 0 Å². The standard InChI is InChI=1S/C10H12N4O5/c1-2-3-10(15)12-11-8-5-4-7(13(16)17)6-9(8)14(18)19/h4-6,11H,2-3H2,1H3,(H,12,15). The molecule has 102 valence electrons. The number of benzene rings is 1. The van der Waals surface area contributed by atoms with Crippen molar-refractivity contribution in [2.75, 3.05) is 5.43 Å². The summed E-state index contributed by atoms with van der Waals surface area (Å²) in [5, 5.41) is 21.3. The quantitative estimate of drug-likeness (QED) is 0.597.